The van der Waals surface area contributed by atoms with Gasteiger partial charge in [0.2, 0.25) is 0 Å². The fraction of sp³-hybridized carbons (Fsp3) is 0.364. The summed E-state index contributed by atoms with van der Waals surface area (Å²) in [6, 6.07) is 3.13. The zero-order chi connectivity index (χ0) is 13.0. The molecule has 0 bridgehead atoms. The minimum absolute atomic E-state index is 0.341. The van der Waals surface area contributed by atoms with Crippen molar-refractivity contribution in [3.8, 4) is 0 Å². The van der Waals surface area contributed by atoms with Crippen molar-refractivity contribution in [1.82, 2.24) is 0 Å². The summed E-state index contributed by atoms with van der Waals surface area (Å²) in [7, 11) is 2.77. The van der Waals surface area contributed by atoms with Gasteiger partial charge >= 0.3 is 5.97 Å². The molecule has 0 aromatic heterocycles. The summed E-state index contributed by atoms with van der Waals surface area (Å²) in [5.74, 6) is -0.729. The molecule has 0 saturated carbocycles. The lowest BCUT2D eigenvalue weighted by Gasteiger charge is -2.12. The molecule has 0 amide bonds. The third kappa shape index (κ3) is 3.42. The molecule has 0 aliphatic rings. The molecule has 1 aromatic carbocycles. The number of ether oxygens (including phenoxy) is 2. The number of carbonyl (C=O) groups excluding carboxylic acids is 1. The summed E-state index contributed by atoms with van der Waals surface area (Å²) >= 11 is 9.34. The van der Waals surface area contributed by atoms with E-state index in [1.807, 2.05) is 0 Å². The molecule has 0 saturated heterocycles. The molecule has 1 atom stereocenters. The summed E-state index contributed by atoms with van der Waals surface area (Å²) < 4.78 is 10.1. The van der Waals surface area contributed by atoms with Crippen LogP contribution in [-0.2, 0) is 20.9 Å². The molecule has 4 nitrogen and oxygen atoms in total. The van der Waals surface area contributed by atoms with E-state index in [1.165, 1.54) is 13.2 Å². The zero-order valence-corrected chi connectivity index (χ0v) is 11.7. The molecule has 17 heavy (non-hydrogen) atoms. The van der Waals surface area contributed by atoms with Gasteiger partial charge in [-0.05, 0) is 17.7 Å². The number of hydrogen-bond donors (Lipinski definition) is 1. The maximum Gasteiger partial charge on any atom is 0.339 e. The van der Waals surface area contributed by atoms with E-state index in [-0.39, 0.29) is 0 Å². The Morgan fingerprint density at radius 2 is 2.18 bits per heavy atom. The maximum absolute atomic E-state index is 11.2. The van der Waals surface area contributed by atoms with Gasteiger partial charge in [0.1, 0.15) is 0 Å². The summed E-state index contributed by atoms with van der Waals surface area (Å²) in [5.41, 5.74) is 1.13. The number of aliphatic hydroxyl groups excluding tert-OH is 1. The summed E-state index contributed by atoms with van der Waals surface area (Å²) in [6.45, 7) is 0.341. The van der Waals surface area contributed by atoms with Gasteiger partial charge in [-0.25, -0.2) is 4.79 Å². The Hall–Kier alpha value is -0.620. The molecule has 0 aliphatic heterocycles. The third-order valence-electron chi connectivity index (χ3n) is 2.19. The zero-order valence-electron chi connectivity index (χ0n) is 9.37. The topological polar surface area (TPSA) is 55.8 Å². The molecular formula is C11H12BrClO4. The first-order valence-corrected chi connectivity index (χ1v) is 5.91. The molecule has 1 N–H and O–H groups in total. The van der Waals surface area contributed by atoms with Gasteiger partial charge in [-0.15, -0.1) is 0 Å². The second-order valence-corrected chi connectivity index (χ2v) is 4.58. The highest BCUT2D eigenvalue weighted by Crippen LogP contribution is 2.30. The van der Waals surface area contributed by atoms with E-state index in [4.69, 9.17) is 16.3 Å². The van der Waals surface area contributed by atoms with Gasteiger partial charge in [0.25, 0.3) is 0 Å². The molecule has 0 fully saturated rings. The molecule has 1 unspecified atom stereocenters. The van der Waals surface area contributed by atoms with Crippen molar-refractivity contribution in [3.63, 3.8) is 0 Å². The summed E-state index contributed by atoms with van der Waals surface area (Å²) in [5, 5.41) is 10.1. The quantitative estimate of drug-likeness (QED) is 0.865. The van der Waals surface area contributed by atoms with Crippen LogP contribution in [0.25, 0.3) is 0 Å². The standard InChI is InChI=1S/C11H12BrClO4/c1-16-5-7-8(12)3-6(4-9(7)13)10(14)11(15)17-2/h3-4,10,14H,5H2,1-2H3. The highest BCUT2D eigenvalue weighted by molar-refractivity contribution is 9.10. The van der Waals surface area contributed by atoms with E-state index in [2.05, 4.69) is 20.7 Å². The first kappa shape index (κ1) is 14.4. The highest BCUT2D eigenvalue weighted by atomic mass is 79.9. The smallest absolute Gasteiger partial charge is 0.339 e. The Labute approximate surface area is 113 Å². The predicted octanol–water partition coefficient (Wildman–Crippen LogP) is 2.46. The van der Waals surface area contributed by atoms with Crippen LogP contribution in [0, 0.1) is 0 Å². The van der Waals surface area contributed by atoms with Crippen LogP contribution >= 0.6 is 27.5 Å². The van der Waals surface area contributed by atoms with Crippen LogP contribution in [-0.4, -0.2) is 25.3 Å². The molecular weight excluding hydrogens is 311 g/mol. The van der Waals surface area contributed by atoms with Crippen LogP contribution in [0.5, 0.6) is 0 Å². The number of hydrogen-bond acceptors (Lipinski definition) is 4. The molecule has 0 radical (unpaired) electrons. The maximum atomic E-state index is 11.2. The summed E-state index contributed by atoms with van der Waals surface area (Å²) in [6.07, 6.45) is -1.34. The average Bonchev–Trinajstić information content (AvgIpc) is 2.31. The molecule has 1 aromatic rings. The third-order valence-corrected chi connectivity index (χ3v) is 3.24. The lowest BCUT2D eigenvalue weighted by molar-refractivity contribution is -0.150. The van der Waals surface area contributed by atoms with Gasteiger partial charge < -0.3 is 14.6 Å². The second-order valence-electron chi connectivity index (χ2n) is 3.32. The molecule has 0 aliphatic carbocycles. The van der Waals surface area contributed by atoms with Gasteiger partial charge in [0, 0.05) is 22.2 Å². The van der Waals surface area contributed by atoms with Crippen molar-refractivity contribution >= 4 is 33.5 Å². The monoisotopic (exact) mass is 322 g/mol. The van der Waals surface area contributed by atoms with E-state index in [9.17, 15) is 9.90 Å². The van der Waals surface area contributed by atoms with Crippen molar-refractivity contribution in [2.45, 2.75) is 12.7 Å². The van der Waals surface area contributed by atoms with Crippen LogP contribution < -0.4 is 0 Å². The van der Waals surface area contributed by atoms with Gasteiger partial charge in [0.15, 0.2) is 6.10 Å². The minimum atomic E-state index is -1.34. The number of benzene rings is 1. The van der Waals surface area contributed by atoms with Crippen molar-refractivity contribution in [2.75, 3.05) is 14.2 Å². The van der Waals surface area contributed by atoms with Crippen LogP contribution in [0.2, 0.25) is 5.02 Å². The van der Waals surface area contributed by atoms with E-state index < -0.39 is 12.1 Å². The fourth-order valence-corrected chi connectivity index (χ4v) is 2.30. The van der Waals surface area contributed by atoms with Crippen LogP contribution in [0.1, 0.15) is 17.2 Å². The number of methoxy groups -OCH3 is 2. The molecule has 1 rings (SSSR count). The average molecular weight is 324 g/mol. The predicted molar refractivity (Wildman–Crippen MR) is 66.8 cm³/mol. The lowest BCUT2D eigenvalue weighted by Crippen LogP contribution is -2.13. The Kier molecular flexibility index (Phi) is 5.39. The second kappa shape index (κ2) is 6.35. The Morgan fingerprint density at radius 3 is 2.65 bits per heavy atom. The largest absolute Gasteiger partial charge is 0.467 e. The van der Waals surface area contributed by atoms with Gasteiger partial charge in [-0.1, -0.05) is 27.5 Å². The lowest BCUT2D eigenvalue weighted by atomic mass is 10.1. The van der Waals surface area contributed by atoms with Crippen LogP contribution in [0.4, 0.5) is 0 Å². The van der Waals surface area contributed by atoms with E-state index in [1.54, 1.807) is 13.2 Å². The number of carbonyl (C=O) groups is 1. The van der Waals surface area contributed by atoms with Crippen molar-refractivity contribution in [1.29, 1.82) is 0 Å². The molecule has 6 heteroatoms. The van der Waals surface area contributed by atoms with Crippen LogP contribution in [0.3, 0.4) is 0 Å². The first-order chi connectivity index (χ1) is 8.01. The molecule has 94 valence electrons. The fourth-order valence-electron chi connectivity index (χ4n) is 1.31. The number of halogens is 2. The highest BCUT2D eigenvalue weighted by Gasteiger charge is 2.20. The Morgan fingerprint density at radius 1 is 1.53 bits per heavy atom. The van der Waals surface area contributed by atoms with E-state index in [0.29, 0.717) is 21.7 Å². The molecule has 0 spiro atoms. The first-order valence-electron chi connectivity index (χ1n) is 4.74. The van der Waals surface area contributed by atoms with Crippen LogP contribution in [0.15, 0.2) is 16.6 Å². The van der Waals surface area contributed by atoms with Gasteiger partial charge in [-0.2, -0.15) is 0 Å². The van der Waals surface area contributed by atoms with Crippen molar-refractivity contribution < 1.29 is 19.4 Å². The number of aliphatic hydroxyl groups is 1. The Bertz CT molecular complexity index is 399. The SMILES string of the molecule is COCc1c(Cl)cc(C(O)C(=O)OC)cc1Br. The Balaban J connectivity index is 3.09. The van der Waals surface area contributed by atoms with Crippen molar-refractivity contribution in [3.05, 3.63) is 32.8 Å². The van der Waals surface area contributed by atoms with E-state index in [0.717, 1.165) is 5.56 Å². The summed E-state index contributed by atoms with van der Waals surface area (Å²) in [4.78, 5) is 11.2. The van der Waals surface area contributed by atoms with Gasteiger partial charge in [0.05, 0.1) is 13.7 Å². The number of rotatable bonds is 4. The van der Waals surface area contributed by atoms with E-state index >= 15 is 0 Å². The molecule has 0 heterocycles. The van der Waals surface area contributed by atoms with Gasteiger partial charge in [-0.3, -0.25) is 0 Å². The number of esters is 1. The van der Waals surface area contributed by atoms with Crippen molar-refractivity contribution in [2.24, 2.45) is 0 Å². The minimum Gasteiger partial charge on any atom is -0.467 e. The normalized spacial score (nSPS) is 12.3.